The molecule has 0 atom stereocenters. The zero-order chi connectivity index (χ0) is 12.3. The lowest BCUT2D eigenvalue weighted by Crippen LogP contribution is -2.05. The van der Waals surface area contributed by atoms with Crippen LogP contribution in [0.5, 0.6) is 0 Å². The summed E-state index contributed by atoms with van der Waals surface area (Å²) in [5, 5.41) is 3.90. The number of nitrogens with one attached hydrogen (secondary N) is 1. The molecule has 0 saturated heterocycles. The maximum absolute atomic E-state index is 5.90. The molecule has 0 fully saturated rings. The summed E-state index contributed by atoms with van der Waals surface area (Å²) in [5.74, 6) is 0.994. The van der Waals surface area contributed by atoms with E-state index < -0.39 is 0 Å². The van der Waals surface area contributed by atoms with Crippen LogP contribution in [0.15, 0.2) is 30.3 Å². The van der Waals surface area contributed by atoms with Gasteiger partial charge in [-0.2, -0.15) is 4.98 Å². The molecule has 3 N–H and O–H groups in total. The van der Waals surface area contributed by atoms with E-state index in [0.717, 1.165) is 22.1 Å². The molecule has 1 aromatic heterocycles. The zero-order valence-corrected chi connectivity index (χ0v) is 10.2. The number of nitrogens with zero attached hydrogens (tertiary/aromatic N) is 2. The molecule has 2 aromatic rings. The van der Waals surface area contributed by atoms with Gasteiger partial charge >= 0.3 is 0 Å². The minimum atomic E-state index is 0.276. The molecule has 0 saturated carbocycles. The fourth-order valence-electron chi connectivity index (χ4n) is 1.52. The normalized spacial score (nSPS) is 10.2. The Balaban J connectivity index is 2.07. The monoisotopic (exact) mass is 248 g/mol. The Hall–Kier alpha value is -1.81. The first-order valence-corrected chi connectivity index (χ1v) is 5.61. The van der Waals surface area contributed by atoms with Crippen molar-refractivity contribution in [2.24, 2.45) is 0 Å². The molecule has 5 heteroatoms. The number of aryl methyl sites for hydroxylation is 1. The van der Waals surface area contributed by atoms with Gasteiger partial charge in [0, 0.05) is 23.3 Å². The van der Waals surface area contributed by atoms with Crippen molar-refractivity contribution >= 4 is 23.4 Å². The van der Waals surface area contributed by atoms with E-state index in [1.165, 1.54) is 0 Å². The van der Waals surface area contributed by atoms with Crippen molar-refractivity contribution < 1.29 is 0 Å². The van der Waals surface area contributed by atoms with E-state index in [1.807, 2.05) is 37.3 Å². The number of hydrogen-bond donors (Lipinski definition) is 2. The van der Waals surface area contributed by atoms with Crippen LogP contribution in [0.4, 0.5) is 11.8 Å². The Kier molecular flexibility index (Phi) is 3.44. The van der Waals surface area contributed by atoms with Crippen molar-refractivity contribution in [3.63, 3.8) is 0 Å². The summed E-state index contributed by atoms with van der Waals surface area (Å²) in [5.41, 5.74) is 7.50. The fraction of sp³-hybridized carbons (Fsp3) is 0.167. The molecule has 88 valence electrons. The third-order valence-corrected chi connectivity index (χ3v) is 2.47. The third-order valence-electron chi connectivity index (χ3n) is 2.23. The number of anilines is 2. The first kappa shape index (κ1) is 11.7. The third kappa shape index (κ3) is 3.32. The van der Waals surface area contributed by atoms with Crippen molar-refractivity contribution in [2.75, 3.05) is 11.1 Å². The number of aromatic nitrogens is 2. The summed E-state index contributed by atoms with van der Waals surface area (Å²) < 4.78 is 0. The van der Waals surface area contributed by atoms with Crippen LogP contribution in [-0.4, -0.2) is 9.97 Å². The number of nitrogen functional groups attached to an aromatic ring is 1. The van der Waals surface area contributed by atoms with E-state index in [-0.39, 0.29) is 5.95 Å². The smallest absolute Gasteiger partial charge is 0.222 e. The molecule has 0 unspecified atom stereocenters. The topological polar surface area (TPSA) is 63.8 Å². The Morgan fingerprint density at radius 1 is 1.29 bits per heavy atom. The number of benzene rings is 1. The van der Waals surface area contributed by atoms with Gasteiger partial charge in [-0.25, -0.2) is 4.98 Å². The molecule has 0 aliphatic carbocycles. The molecule has 0 radical (unpaired) electrons. The summed E-state index contributed by atoms with van der Waals surface area (Å²) in [4.78, 5) is 8.10. The fourth-order valence-corrected chi connectivity index (χ4v) is 1.73. The number of hydrogen-bond acceptors (Lipinski definition) is 4. The predicted octanol–water partition coefficient (Wildman–Crippen LogP) is 2.63. The van der Waals surface area contributed by atoms with Crippen molar-refractivity contribution in [2.45, 2.75) is 13.5 Å². The standard InChI is InChI=1S/C12H13ClN4/c1-8-5-11(17-12(14)16-8)15-7-9-3-2-4-10(13)6-9/h2-6H,7H2,1H3,(H3,14,15,16,17). The Labute approximate surface area is 105 Å². The van der Waals surface area contributed by atoms with Gasteiger partial charge in [0.25, 0.3) is 0 Å². The van der Waals surface area contributed by atoms with Crippen molar-refractivity contribution in [3.05, 3.63) is 46.6 Å². The lowest BCUT2D eigenvalue weighted by Gasteiger charge is -2.07. The highest BCUT2D eigenvalue weighted by molar-refractivity contribution is 6.30. The molecular formula is C12H13ClN4. The van der Waals surface area contributed by atoms with Crippen molar-refractivity contribution in [1.29, 1.82) is 0 Å². The second-order valence-electron chi connectivity index (χ2n) is 3.74. The molecule has 1 heterocycles. The number of halogens is 1. The molecule has 2 rings (SSSR count). The van der Waals surface area contributed by atoms with Gasteiger partial charge < -0.3 is 11.1 Å². The van der Waals surface area contributed by atoms with Crippen LogP contribution in [0.3, 0.4) is 0 Å². The van der Waals surface area contributed by atoms with Gasteiger partial charge in [0.15, 0.2) is 0 Å². The van der Waals surface area contributed by atoms with Gasteiger partial charge in [-0.3, -0.25) is 0 Å². The van der Waals surface area contributed by atoms with Crippen LogP contribution in [0.25, 0.3) is 0 Å². The van der Waals surface area contributed by atoms with Crippen molar-refractivity contribution in [3.8, 4) is 0 Å². The van der Waals surface area contributed by atoms with Gasteiger partial charge in [0.2, 0.25) is 5.95 Å². The van der Waals surface area contributed by atoms with Crippen LogP contribution in [0, 0.1) is 6.92 Å². The van der Waals surface area contributed by atoms with Gasteiger partial charge in [-0.15, -0.1) is 0 Å². The zero-order valence-electron chi connectivity index (χ0n) is 9.44. The second kappa shape index (κ2) is 5.01. The van der Waals surface area contributed by atoms with Gasteiger partial charge in [-0.05, 0) is 24.6 Å². The molecule has 0 aliphatic rings. The summed E-state index contributed by atoms with van der Waals surface area (Å²) >= 11 is 5.90. The Bertz CT molecular complexity index is 507. The average molecular weight is 249 g/mol. The summed E-state index contributed by atoms with van der Waals surface area (Å²) in [6.45, 7) is 2.53. The van der Waals surface area contributed by atoms with Crippen LogP contribution in [0.1, 0.15) is 11.3 Å². The number of nitrogens with two attached hydrogens (primary N) is 1. The van der Waals surface area contributed by atoms with Crippen molar-refractivity contribution in [1.82, 2.24) is 9.97 Å². The highest BCUT2D eigenvalue weighted by Gasteiger charge is 1.99. The molecule has 0 bridgehead atoms. The maximum Gasteiger partial charge on any atom is 0.222 e. The summed E-state index contributed by atoms with van der Waals surface area (Å²) in [7, 11) is 0. The molecule has 1 aromatic carbocycles. The van der Waals surface area contributed by atoms with Crippen LogP contribution < -0.4 is 11.1 Å². The molecule has 17 heavy (non-hydrogen) atoms. The van der Waals surface area contributed by atoms with E-state index in [9.17, 15) is 0 Å². The Morgan fingerprint density at radius 3 is 2.82 bits per heavy atom. The van der Waals surface area contributed by atoms with Gasteiger partial charge in [0.05, 0.1) is 0 Å². The quantitative estimate of drug-likeness (QED) is 0.877. The minimum absolute atomic E-state index is 0.276. The molecule has 0 amide bonds. The lowest BCUT2D eigenvalue weighted by molar-refractivity contribution is 1.06. The van der Waals surface area contributed by atoms with E-state index in [4.69, 9.17) is 17.3 Å². The minimum Gasteiger partial charge on any atom is -0.368 e. The maximum atomic E-state index is 5.90. The SMILES string of the molecule is Cc1cc(NCc2cccc(Cl)c2)nc(N)n1. The molecule has 0 spiro atoms. The van der Waals surface area contributed by atoms with Gasteiger partial charge in [-0.1, -0.05) is 23.7 Å². The van der Waals surface area contributed by atoms with Gasteiger partial charge in [0.1, 0.15) is 5.82 Å². The molecule has 0 aliphatic heterocycles. The largest absolute Gasteiger partial charge is 0.368 e. The summed E-state index contributed by atoms with van der Waals surface area (Å²) in [6, 6.07) is 9.51. The van der Waals surface area contributed by atoms with E-state index >= 15 is 0 Å². The Morgan fingerprint density at radius 2 is 2.12 bits per heavy atom. The highest BCUT2D eigenvalue weighted by Crippen LogP contribution is 2.13. The highest BCUT2D eigenvalue weighted by atomic mass is 35.5. The van der Waals surface area contributed by atoms with Crippen LogP contribution >= 0.6 is 11.6 Å². The summed E-state index contributed by atoms with van der Waals surface area (Å²) in [6.07, 6.45) is 0. The van der Waals surface area contributed by atoms with E-state index in [0.29, 0.717) is 6.54 Å². The molecular weight excluding hydrogens is 236 g/mol. The lowest BCUT2D eigenvalue weighted by atomic mass is 10.2. The number of rotatable bonds is 3. The van der Waals surface area contributed by atoms with E-state index in [2.05, 4.69) is 15.3 Å². The van der Waals surface area contributed by atoms with E-state index in [1.54, 1.807) is 0 Å². The predicted molar refractivity (Wildman–Crippen MR) is 70.0 cm³/mol. The first-order chi connectivity index (χ1) is 8.13. The second-order valence-corrected chi connectivity index (χ2v) is 4.17. The molecule has 4 nitrogen and oxygen atoms in total. The average Bonchev–Trinajstić information content (AvgIpc) is 2.25. The van der Waals surface area contributed by atoms with Crippen LogP contribution in [0.2, 0.25) is 5.02 Å². The first-order valence-electron chi connectivity index (χ1n) is 5.23. The van der Waals surface area contributed by atoms with Crippen LogP contribution in [-0.2, 0) is 6.54 Å².